The number of nitriles is 1. The van der Waals surface area contributed by atoms with E-state index in [4.69, 9.17) is 11.0 Å². The van der Waals surface area contributed by atoms with E-state index in [1.54, 1.807) is 12.1 Å². The van der Waals surface area contributed by atoms with Crippen LogP contribution >= 0.6 is 11.3 Å². The van der Waals surface area contributed by atoms with Gasteiger partial charge >= 0.3 is 0 Å². The first-order valence-electron chi connectivity index (χ1n) is 6.13. The second kappa shape index (κ2) is 4.63. The number of aromatic nitrogens is 1. The number of hydrogen-bond donors (Lipinski definition) is 1. The molecule has 1 aromatic carbocycles. The van der Waals surface area contributed by atoms with Crippen LogP contribution in [0.5, 0.6) is 0 Å². The van der Waals surface area contributed by atoms with Crippen molar-refractivity contribution < 1.29 is 4.39 Å². The molecule has 1 atom stereocenters. The van der Waals surface area contributed by atoms with Crippen LogP contribution in [0.25, 0.3) is 0 Å². The van der Waals surface area contributed by atoms with Crippen LogP contribution in [0.15, 0.2) is 18.2 Å². The Labute approximate surface area is 114 Å². The van der Waals surface area contributed by atoms with Gasteiger partial charge in [0.2, 0.25) is 0 Å². The van der Waals surface area contributed by atoms with Crippen LogP contribution < -0.4 is 5.73 Å². The van der Waals surface area contributed by atoms with Gasteiger partial charge in [0.15, 0.2) is 5.13 Å². The molecule has 3 rings (SSSR count). The summed E-state index contributed by atoms with van der Waals surface area (Å²) in [7, 11) is 0. The van der Waals surface area contributed by atoms with E-state index < -0.39 is 0 Å². The summed E-state index contributed by atoms with van der Waals surface area (Å²) in [5.74, 6) is -0.296. The molecule has 0 bridgehead atoms. The van der Waals surface area contributed by atoms with Crippen molar-refractivity contribution in [2.75, 3.05) is 5.73 Å². The van der Waals surface area contributed by atoms with Crippen LogP contribution in [0, 0.1) is 17.1 Å². The highest BCUT2D eigenvalue weighted by atomic mass is 32.1. The Balaban J connectivity index is 2.06. The third kappa shape index (κ3) is 2.08. The lowest BCUT2D eigenvalue weighted by molar-refractivity contribution is 0.560. The maximum absolute atomic E-state index is 14.1. The summed E-state index contributed by atoms with van der Waals surface area (Å²) >= 11 is 1.45. The van der Waals surface area contributed by atoms with Gasteiger partial charge in [0.1, 0.15) is 5.82 Å². The van der Waals surface area contributed by atoms with Gasteiger partial charge < -0.3 is 5.73 Å². The summed E-state index contributed by atoms with van der Waals surface area (Å²) < 4.78 is 14.1. The number of anilines is 1. The molecule has 5 heteroatoms. The van der Waals surface area contributed by atoms with Gasteiger partial charge in [0.25, 0.3) is 0 Å². The summed E-state index contributed by atoms with van der Waals surface area (Å²) in [5.41, 5.74) is 7.75. The van der Waals surface area contributed by atoms with Gasteiger partial charge in [0.05, 0.1) is 17.3 Å². The maximum Gasteiger partial charge on any atom is 0.180 e. The van der Waals surface area contributed by atoms with Crippen LogP contribution in [0.2, 0.25) is 0 Å². The minimum absolute atomic E-state index is 0.0197. The van der Waals surface area contributed by atoms with Crippen molar-refractivity contribution in [1.82, 2.24) is 4.98 Å². The van der Waals surface area contributed by atoms with Gasteiger partial charge in [-0.1, -0.05) is 6.07 Å². The number of halogens is 1. The highest BCUT2D eigenvalue weighted by Gasteiger charge is 2.27. The van der Waals surface area contributed by atoms with E-state index >= 15 is 0 Å². The second-order valence-corrected chi connectivity index (χ2v) is 5.72. The number of fused-ring (bicyclic) bond motifs is 1. The normalized spacial score (nSPS) is 17.8. The van der Waals surface area contributed by atoms with E-state index in [-0.39, 0.29) is 11.7 Å². The predicted octanol–water partition coefficient (Wildman–Crippen LogP) is 3.20. The third-order valence-corrected chi connectivity index (χ3v) is 4.51. The summed E-state index contributed by atoms with van der Waals surface area (Å²) in [5, 5.41) is 9.33. The van der Waals surface area contributed by atoms with Crippen LogP contribution in [-0.2, 0) is 6.42 Å². The Hall–Kier alpha value is -1.93. The number of rotatable bonds is 1. The summed E-state index contributed by atoms with van der Waals surface area (Å²) in [6.45, 7) is 0. The molecule has 0 saturated carbocycles. The summed E-state index contributed by atoms with van der Waals surface area (Å²) in [4.78, 5) is 5.39. The number of nitrogens with zero attached hydrogens (tertiary/aromatic N) is 2. The fraction of sp³-hybridized carbons (Fsp3) is 0.286. The van der Waals surface area contributed by atoms with E-state index in [1.165, 1.54) is 17.4 Å². The highest BCUT2D eigenvalue weighted by molar-refractivity contribution is 7.15. The topological polar surface area (TPSA) is 62.7 Å². The van der Waals surface area contributed by atoms with Crippen molar-refractivity contribution >= 4 is 16.5 Å². The smallest absolute Gasteiger partial charge is 0.180 e. The molecule has 0 fully saturated rings. The number of benzene rings is 1. The fourth-order valence-corrected chi connectivity index (χ4v) is 3.65. The van der Waals surface area contributed by atoms with Gasteiger partial charge in [-0.25, -0.2) is 9.37 Å². The number of nitrogens with two attached hydrogens (primary N) is 1. The van der Waals surface area contributed by atoms with Gasteiger partial charge in [0, 0.05) is 10.8 Å². The molecule has 3 nitrogen and oxygen atoms in total. The Bertz CT molecular complexity index is 672. The molecule has 2 aromatic rings. The molecule has 2 N–H and O–H groups in total. The number of aryl methyl sites for hydroxylation is 1. The van der Waals surface area contributed by atoms with E-state index in [0.29, 0.717) is 16.3 Å². The van der Waals surface area contributed by atoms with Crippen molar-refractivity contribution in [3.8, 4) is 6.07 Å². The average Bonchev–Trinajstić information content (AvgIpc) is 2.78. The second-order valence-electron chi connectivity index (χ2n) is 4.66. The molecule has 1 aliphatic carbocycles. The molecular formula is C14H12FN3S. The number of thiazole rings is 1. The zero-order chi connectivity index (χ0) is 13.4. The molecule has 0 saturated heterocycles. The van der Waals surface area contributed by atoms with Crippen LogP contribution in [-0.4, -0.2) is 4.98 Å². The van der Waals surface area contributed by atoms with E-state index in [1.807, 2.05) is 6.07 Å². The Morgan fingerprint density at radius 3 is 3.05 bits per heavy atom. The van der Waals surface area contributed by atoms with Crippen LogP contribution in [0.3, 0.4) is 0 Å². The Morgan fingerprint density at radius 2 is 2.32 bits per heavy atom. The zero-order valence-corrected chi connectivity index (χ0v) is 11.0. The van der Waals surface area contributed by atoms with Crippen molar-refractivity contribution in [2.24, 2.45) is 0 Å². The predicted molar refractivity (Wildman–Crippen MR) is 72.4 cm³/mol. The molecule has 0 amide bonds. The number of nitrogen functional groups attached to an aromatic ring is 1. The molecule has 19 heavy (non-hydrogen) atoms. The average molecular weight is 273 g/mol. The molecule has 1 aromatic heterocycles. The lowest BCUT2D eigenvalue weighted by Crippen LogP contribution is -2.10. The quantitative estimate of drug-likeness (QED) is 0.867. The minimum Gasteiger partial charge on any atom is -0.375 e. The van der Waals surface area contributed by atoms with Crippen molar-refractivity contribution in [3.05, 3.63) is 45.7 Å². The van der Waals surface area contributed by atoms with Crippen molar-refractivity contribution in [1.29, 1.82) is 5.26 Å². The third-order valence-electron chi connectivity index (χ3n) is 3.47. The monoisotopic (exact) mass is 273 g/mol. The largest absolute Gasteiger partial charge is 0.375 e. The maximum atomic E-state index is 14.1. The lowest BCUT2D eigenvalue weighted by atomic mass is 9.85. The lowest BCUT2D eigenvalue weighted by Gasteiger charge is -2.22. The first-order chi connectivity index (χ1) is 9.19. The van der Waals surface area contributed by atoms with E-state index in [2.05, 4.69) is 4.98 Å². The van der Waals surface area contributed by atoms with Crippen molar-refractivity contribution in [3.63, 3.8) is 0 Å². The van der Waals surface area contributed by atoms with E-state index in [9.17, 15) is 4.39 Å². The molecular weight excluding hydrogens is 261 g/mol. The summed E-state index contributed by atoms with van der Waals surface area (Å²) in [6, 6.07) is 6.63. The van der Waals surface area contributed by atoms with E-state index in [0.717, 1.165) is 29.8 Å². The first kappa shape index (κ1) is 12.1. The molecule has 0 aliphatic heterocycles. The van der Waals surface area contributed by atoms with Gasteiger partial charge in [-0.3, -0.25) is 0 Å². The highest BCUT2D eigenvalue weighted by Crippen LogP contribution is 2.41. The molecule has 96 valence electrons. The van der Waals surface area contributed by atoms with Crippen molar-refractivity contribution in [2.45, 2.75) is 25.2 Å². The van der Waals surface area contributed by atoms with Crippen LogP contribution in [0.4, 0.5) is 9.52 Å². The molecule has 1 aliphatic rings. The van der Waals surface area contributed by atoms with Gasteiger partial charge in [-0.15, -0.1) is 11.3 Å². The molecule has 0 radical (unpaired) electrons. The molecule has 1 heterocycles. The summed E-state index contributed by atoms with van der Waals surface area (Å²) in [6.07, 6.45) is 2.80. The van der Waals surface area contributed by atoms with Crippen LogP contribution in [0.1, 0.15) is 40.5 Å². The SMILES string of the molecule is N#Cc1ccc(C2CCCc3nc(N)sc32)c(F)c1. The zero-order valence-electron chi connectivity index (χ0n) is 10.2. The fourth-order valence-electron chi connectivity index (χ4n) is 2.61. The molecule has 0 spiro atoms. The number of hydrogen-bond acceptors (Lipinski definition) is 4. The minimum atomic E-state index is -0.316. The molecule has 1 unspecified atom stereocenters. The Morgan fingerprint density at radius 1 is 1.47 bits per heavy atom. The Kier molecular flexibility index (Phi) is 2.96. The standard InChI is InChI=1S/C14H12FN3S/c15-11-6-8(7-16)4-5-9(11)10-2-1-3-12-13(10)19-14(17)18-12/h4-6,10H,1-3H2,(H2,17,18). The van der Waals surface area contributed by atoms with Gasteiger partial charge in [-0.05, 0) is 37.0 Å². The van der Waals surface area contributed by atoms with Gasteiger partial charge in [-0.2, -0.15) is 5.26 Å². The first-order valence-corrected chi connectivity index (χ1v) is 6.95.